The van der Waals surface area contributed by atoms with Crippen molar-refractivity contribution < 1.29 is 17.6 Å². The Bertz CT molecular complexity index is 1620. The average Bonchev–Trinajstić information content (AvgIpc) is 3.61. The second kappa shape index (κ2) is 13.3. The highest BCUT2D eigenvalue weighted by atomic mass is 19.4. The minimum absolute atomic E-state index is 0.149. The molecule has 44 heavy (non-hydrogen) atoms. The normalized spacial score (nSPS) is 14.4. The summed E-state index contributed by atoms with van der Waals surface area (Å²) in [5.41, 5.74) is 4.39. The summed E-state index contributed by atoms with van der Waals surface area (Å²) in [5, 5.41) is 11.4. The summed E-state index contributed by atoms with van der Waals surface area (Å²) < 4.78 is 58.9. The molecule has 7 nitrogen and oxygen atoms in total. The van der Waals surface area contributed by atoms with Crippen LogP contribution >= 0.6 is 0 Å². The van der Waals surface area contributed by atoms with Crippen molar-refractivity contribution in [3.05, 3.63) is 84.2 Å². The third-order valence-electron chi connectivity index (χ3n) is 7.26. The molecule has 0 fully saturated rings. The number of pyridine rings is 1. The summed E-state index contributed by atoms with van der Waals surface area (Å²) in [4.78, 5) is 6.39. The second-order valence-electron chi connectivity index (χ2n) is 11.7. The van der Waals surface area contributed by atoms with Crippen LogP contribution in [0.1, 0.15) is 52.2 Å². The van der Waals surface area contributed by atoms with Crippen molar-refractivity contribution in [1.29, 1.82) is 0 Å². The molecule has 1 aliphatic heterocycles. The van der Waals surface area contributed by atoms with Crippen molar-refractivity contribution in [2.24, 2.45) is 0 Å². The predicted octanol–water partition coefficient (Wildman–Crippen LogP) is 7.93. The van der Waals surface area contributed by atoms with Crippen molar-refractivity contribution in [3.8, 4) is 11.4 Å². The number of nitrogens with zero attached hydrogens (tertiary/aromatic N) is 5. The second-order valence-corrected chi connectivity index (χ2v) is 11.7. The zero-order valence-electron chi connectivity index (χ0n) is 26.2. The maximum absolute atomic E-state index is 14.6. The standard InChI is InChI=1S/C31H35F4N7.C2H6/c1-20(22-16-38-42(17-22)30(2,3)4)36-14-21-9-10-27(37-15-21)29-13-23-25(39-26-11-12-40(5)18-24(26)32)7-6-8-28(23)41(29)19-31(33,34)35;1-2/h6-10,13,15-17,36,39H,1,11-12,14,18-19H2,2-5H3;1-2H3. The van der Waals surface area contributed by atoms with Crippen molar-refractivity contribution >= 4 is 22.3 Å². The molecule has 0 aliphatic carbocycles. The number of rotatable bonds is 8. The molecular formula is C33H41F4N7. The number of nitrogens with one attached hydrogen (secondary N) is 2. The molecular weight excluding hydrogens is 570 g/mol. The van der Waals surface area contributed by atoms with Gasteiger partial charge in [-0.15, -0.1) is 0 Å². The van der Waals surface area contributed by atoms with Gasteiger partial charge in [-0.3, -0.25) is 14.6 Å². The number of benzene rings is 1. The number of hydrogen-bond acceptors (Lipinski definition) is 5. The van der Waals surface area contributed by atoms with Gasteiger partial charge in [0, 0.05) is 59.9 Å². The Morgan fingerprint density at radius 3 is 2.43 bits per heavy atom. The van der Waals surface area contributed by atoms with Crippen molar-refractivity contribution in [2.75, 3.05) is 25.5 Å². The van der Waals surface area contributed by atoms with Crippen LogP contribution in [0.15, 0.2) is 73.1 Å². The lowest BCUT2D eigenvalue weighted by Crippen LogP contribution is -2.28. The topological polar surface area (TPSA) is 62.9 Å². The molecule has 0 spiro atoms. The van der Waals surface area contributed by atoms with E-state index in [1.54, 1.807) is 42.7 Å². The molecule has 11 heteroatoms. The predicted molar refractivity (Wildman–Crippen MR) is 170 cm³/mol. The van der Waals surface area contributed by atoms with Gasteiger partial charge in [-0.25, -0.2) is 4.39 Å². The molecule has 4 heterocycles. The molecule has 1 aromatic carbocycles. The van der Waals surface area contributed by atoms with E-state index in [1.165, 1.54) is 4.57 Å². The molecule has 2 N–H and O–H groups in total. The smallest absolute Gasteiger partial charge is 0.381 e. The van der Waals surface area contributed by atoms with Crippen LogP contribution in [-0.4, -0.2) is 50.5 Å². The number of anilines is 1. The fourth-order valence-corrected chi connectivity index (χ4v) is 4.93. The van der Waals surface area contributed by atoms with Gasteiger partial charge in [0.1, 0.15) is 12.4 Å². The molecule has 1 aliphatic rings. The van der Waals surface area contributed by atoms with Crippen LogP contribution in [0, 0.1) is 0 Å². The SMILES string of the molecule is C=C(NCc1ccc(-c2cc3c(NC4=C(F)CN(C)CC4)cccc3n2CC(F)(F)F)nc1)c1cnn(C(C)(C)C)c1.CC. The van der Waals surface area contributed by atoms with Crippen molar-refractivity contribution in [2.45, 2.75) is 65.8 Å². The monoisotopic (exact) mass is 611 g/mol. The van der Waals surface area contributed by atoms with E-state index in [1.807, 2.05) is 42.7 Å². The summed E-state index contributed by atoms with van der Waals surface area (Å²) in [6.45, 7) is 14.4. The summed E-state index contributed by atoms with van der Waals surface area (Å²) in [6, 6.07) is 10.3. The fourth-order valence-electron chi connectivity index (χ4n) is 4.93. The van der Waals surface area contributed by atoms with E-state index < -0.39 is 12.7 Å². The number of fused-ring (bicyclic) bond motifs is 1. The average molecular weight is 612 g/mol. The van der Waals surface area contributed by atoms with Crippen LogP contribution in [0.3, 0.4) is 0 Å². The fraction of sp³-hybridized carbons (Fsp3) is 0.394. The van der Waals surface area contributed by atoms with E-state index >= 15 is 0 Å². The number of aromatic nitrogens is 4. The molecule has 0 saturated heterocycles. The summed E-state index contributed by atoms with van der Waals surface area (Å²) in [7, 11) is 1.84. The van der Waals surface area contributed by atoms with Crippen LogP contribution in [0.4, 0.5) is 23.2 Å². The number of hydrogen-bond donors (Lipinski definition) is 2. The molecule has 0 atom stereocenters. The highest BCUT2D eigenvalue weighted by Gasteiger charge is 2.31. The van der Waals surface area contributed by atoms with Gasteiger partial charge in [0.15, 0.2) is 0 Å². The Hall–Kier alpha value is -4.12. The third kappa shape index (κ3) is 7.68. The zero-order chi connectivity index (χ0) is 32.2. The number of likely N-dealkylation sites (N-methyl/N-ethyl adjacent to an activating group) is 1. The lowest BCUT2D eigenvalue weighted by atomic mass is 10.1. The Balaban J connectivity index is 0.00000216. The van der Waals surface area contributed by atoms with Gasteiger partial charge in [-0.05, 0) is 57.6 Å². The maximum atomic E-state index is 14.6. The van der Waals surface area contributed by atoms with Gasteiger partial charge < -0.3 is 15.2 Å². The Labute approximate surface area is 256 Å². The van der Waals surface area contributed by atoms with E-state index in [-0.39, 0.29) is 17.9 Å². The first-order valence-electron chi connectivity index (χ1n) is 14.7. The summed E-state index contributed by atoms with van der Waals surface area (Å²) >= 11 is 0. The molecule has 0 bridgehead atoms. The largest absolute Gasteiger partial charge is 0.406 e. The van der Waals surface area contributed by atoms with Crippen LogP contribution < -0.4 is 10.6 Å². The van der Waals surface area contributed by atoms with E-state index in [2.05, 4.69) is 48.1 Å². The lowest BCUT2D eigenvalue weighted by molar-refractivity contribution is -0.139. The molecule has 236 valence electrons. The van der Waals surface area contributed by atoms with E-state index in [4.69, 9.17) is 0 Å². The molecule has 0 amide bonds. The molecule has 5 rings (SSSR count). The molecule has 3 aromatic heterocycles. The molecule has 0 saturated carbocycles. The van der Waals surface area contributed by atoms with Crippen LogP contribution in [0.5, 0.6) is 0 Å². The maximum Gasteiger partial charge on any atom is 0.406 e. The van der Waals surface area contributed by atoms with Crippen molar-refractivity contribution in [3.63, 3.8) is 0 Å². The summed E-state index contributed by atoms with van der Waals surface area (Å²) in [6.07, 6.45) is 1.36. The van der Waals surface area contributed by atoms with Gasteiger partial charge in [0.05, 0.1) is 35.2 Å². The van der Waals surface area contributed by atoms with Gasteiger partial charge in [0.25, 0.3) is 0 Å². The lowest BCUT2D eigenvalue weighted by Gasteiger charge is -2.24. The van der Waals surface area contributed by atoms with E-state index in [0.29, 0.717) is 58.9 Å². The highest BCUT2D eigenvalue weighted by molar-refractivity contribution is 5.96. The Morgan fingerprint density at radius 2 is 1.82 bits per heavy atom. The van der Waals surface area contributed by atoms with Crippen LogP contribution in [0.25, 0.3) is 28.0 Å². The van der Waals surface area contributed by atoms with Gasteiger partial charge in [0.2, 0.25) is 0 Å². The first kappa shape index (κ1) is 32.8. The first-order valence-corrected chi connectivity index (χ1v) is 14.7. The minimum atomic E-state index is -4.45. The van der Waals surface area contributed by atoms with E-state index in [9.17, 15) is 17.6 Å². The first-order chi connectivity index (χ1) is 20.8. The zero-order valence-corrected chi connectivity index (χ0v) is 26.2. The highest BCUT2D eigenvalue weighted by Crippen LogP contribution is 2.35. The Kier molecular flexibility index (Phi) is 9.88. The third-order valence-corrected chi connectivity index (χ3v) is 7.26. The van der Waals surface area contributed by atoms with E-state index in [0.717, 1.165) is 11.1 Å². The van der Waals surface area contributed by atoms with Gasteiger partial charge >= 0.3 is 6.18 Å². The summed E-state index contributed by atoms with van der Waals surface area (Å²) in [5.74, 6) is -0.271. The van der Waals surface area contributed by atoms with Crippen LogP contribution in [-0.2, 0) is 18.6 Å². The van der Waals surface area contributed by atoms with Crippen LogP contribution in [0.2, 0.25) is 0 Å². The van der Waals surface area contributed by atoms with Gasteiger partial charge in [-0.2, -0.15) is 18.3 Å². The van der Waals surface area contributed by atoms with Gasteiger partial charge in [-0.1, -0.05) is 32.6 Å². The molecule has 4 aromatic rings. The number of alkyl halides is 3. The van der Waals surface area contributed by atoms with Crippen molar-refractivity contribution in [1.82, 2.24) is 29.5 Å². The molecule has 0 unspecified atom stereocenters. The Morgan fingerprint density at radius 1 is 1.07 bits per heavy atom. The molecule has 0 radical (unpaired) electrons. The quantitative estimate of drug-likeness (QED) is 0.198. The minimum Gasteiger partial charge on any atom is -0.381 e. The number of halogens is 4.